The van der Waals surface area contributed by atoms with E-state index in [0.717, 1.165) is 0 Å². The maximum atomic E-state index is 13.8. The highest BCUT2D eigenvalue weighted by Gasteiger charge is 2.34. The van der Waals surface area contributed by atoms with E-state index in [2.05, 4.69) is 5.32 Å². The molecule has 27 heavy (non-hydrogen) atoms. The number of furan rings is 1. The fraction of sp³-hybridized carbons (Fsp3) is 0.375. The van der Waals surface area contributed by atoms with E-state index in [1.807, 2.05) is 5.92 Å². The summed E-state index contributed by atoms with van der Waals surface area (Å²) >= 11 is -0.502. The van der Waals surface area contributed by atoms with Gasteiger partial charge >= 0.3 is 11.5 Å². The SMILES string of the molecule is OC(O)(O)C#Cc1oc2c(NC3COCC3F)cccc2c1SC(F)(F)F. The first-order chi connectivity index (χ1) is 12.5. The zero-order valence-corrected chi connectivity index (χ0v) is 14.2. The first-order valence-electron chi connectivity index (χ1n) is 7.53. The maximum absolute atomic E-state index is 13.8. The van der Waals surface area contributed by atoms with E-state index in [0.29, 0.717) is 0 Å². The number of hydrogen-bond acceptors (Lipinski definition) is 7. The second-order valence-corrected chi connectivity index (χ2v) is 6.76. The van der Waals surface area contributed by atoms with E-state index >= 15 is 0 Å². The fourth-order valence-corrected chi connectivity index (χ4v) is 3.20. The van der Waals surface area contributed by atoms with Crippen LogP contribution in [0.15, 0.2) is 27.5 Å². The van der Waals surface area contributed by atoms with Crippen LogP contribution in [0.5, 0.6) is 0 Å². The Morgan fingerprint density at radius 2 is 1.93 bits per heavy atom. The minimum absolute atomic E-state index is 0.0212. The molecule has 0 aliphatic carbocycles. The Morgan fingerprint density at radius 3 is 2.52 bits per heavy atom. The summed E-state index contributed by atoms with van der Waals surface area (Å²) in [7, 11) is 0. The number of ether oxygens (including phenoxy) is 1. The molecular formula is C16H13F4NO5S. The first kappa shape index (κ1) is 19.8. The van der Waals surface area contributed by atoms with Gasteiger partial charge in [-0.25, -0.2) is 4.39 Å². The van der Waals surface area contributed by atoms with Crippen LogP contribution in [-0.2, 0) is 4.74 Å². The third kappa shape index (κ3) is 4.85. The maximum Gasteiger partial charge on any atom is 0.446 e. The zero-order chi connectivity index (χ0) is 19.8. The van der Waals surface area contributed by atoms with Crippen LogP contribution in [0.1, 0.15) is 5.76 Å². The molecule has 1 aromatic carbocycles. The molecule has 1 saturated heterocycles. The van der Waals surface area contributed by atoms with Gasteiger partial charge in [0.25, 0.3) is 0 Å². The Kier molecular flexibility index (Phi) is 5.29. The van der Waals surface area contributed by atoms with E-state index in [1.165, 1.54) is 18.2 Å². The molecule has 0 radical (unpaired) electrons. The molecule has 4 N–H and O–H groups in total. The van der Waals surface area contributed by atoms with Gasteiger partial charge in [-0.2, -0.15) is 13.2 Å². The molecule has 6 nitrogen and oxygen atoms in total. The lowest BCUT2D eigenvalue weighted by Crippen LogP contribution is -2.28. The molecule has 3 rings (SSSR count). The summed E-state index contributed by atoms with van der Waals surface area (Å²) < 4.78 is 62.9. The highest BCUT2D eigenvalue weighted by atomic mass is 32.2. The van der Waals surface area contributed by atoms with E-state index < -0.39 is 46.1 Å². The summed E-state index contributed by atoms with van der Waals surface area (Å²) in [6.45, 7) is -0.0135. The highest BCUT2D eigenvalue weighted by Crippen LogP contribution is 2.45. The number of fused-ring (bicyclic) bond motifs is 1. The van der Waals surface area contributed by atoms with Crippen LogP contribution < -0.4 is 5.32 Å². The van der Waals surface area contributed by atoms with Gasteiger partial charge < -0.3 is 29.8 Å². The lowest BCUT2D eigenvalue weighted by molar-refractivity contribution is -0.265. The third-order valence-corrected chi connectivity index (χ3v) is 4.42. The van der Waals surface area contributed by atoms with Crippen molar-refractivity contribution in [2.45, 2.75) is 28.6 Å². The lowest BCUT2D eigenvalue weighted by Gasteiger charge is -2.14. The van der Waals surface area contributed by atoms with E-state index in [1.54, 1.807) is 5.92 Å². The van der Waals surface area contributed by atoms with Crippen molar-refractivity contribution in [1.82, 2.24) is 0 Å². The van der Waals surface area contributed by atoms with Crippen LogP contribution >= 0.6 is 11.8 Å². The van der Waals surface area contributed by atoms with Crippen molar-refractivity contribution < 1.29 is 42.0 Å². The monoisotopic (exact) mass is 407 g/mol. The Morgan fingerprint density at radius 1 is 1.19 bits per heavy atom. The van der Waals surface area contributed by atoms with Crippen LogP contribution in [0.4, 0.5) is 23.2 Å². The van der Waals surface area contributed by atoms with Crippen molar-refractivity contribution in [2.75, 3.05) is 18.5 Å². The van der Waals surface area contributed by atoms with Crippen molar-refractivity contribution in [3.8, 4) is 11.8 Å². The average molecular weight is 407 g/mol. The molecule has 0 saturated carbocycles. The molecule has 11 heteroatoms. The molecule has 1 fully saturated rings. The smallest absolute Gasteiger partial charge is 0.444 e. The average Bonchev–Trinajstić information content (AvgIpc) is 3.09. The molecule has 146 valence electrons. The Bertz CT molecular complexity index is 896. The minimum atomic E-state index is -4.67. The summed E-state index contributed by atoms with van der Waals surface area (Å²) in [6.07, 6.45) is -1.29. The molecule has 0 amide bonds. The highest BCUT2D eigenvalue weighted by molar-refractivity contribution is 8.00. The van der Waals surface area contributed by atoms with Gasteiger partial charge in [-0.15, -0.1) is 0 Å². The van der Waals surface area contributed by atoms with Gasteiger partial charge in [0.15, 0.2) is 11.3 Å². The number of aliphatic hydroxyl groups is 3. The van der Waals surface area contributed by atoms with Gasteiger partial charge in [-0.1, -0.05) is 6.07 Å². The summed E-state index contributed by atoms with van der Waals surface area (Å²) in [5.74, 6) is -0.378. The van der Waals surface area contributed by atoms with Gasteiger partial charge in [-0.3, -0.25) is 0 Å². The Labute approximate surface area is 154 Å². The van der Waals surface area contributed by atoms with Crippen LogP contribution in [-0.4, -0.2) is 52.2 Å². The number of halogens is 4. The normalized spacial score (nSPS) is 20.6. The fourth-order valence-electron chi connectivity index (χ4n) is 2.51. The van der Waals surface area contributed by atoms with Crippen LogP contribution in [0, 0.1) is 11.8 Å². The lowest BCUT2D eigenvalue weighted by atomic mass is 10.2. The molecule has 1 aromatic heterocycles. The number of para-hydroxylation sites is 1. The molecule has 1 aliphatic rings. The third-order valence-electron chi connectivity index (χ3n) is 3.58. The van der Waals surface area contributed by atoms with Gasteiger partial charge in [0, 0.05) is 11.3 Å². The number of thioether (sulfide) groups is 1. The molecule has 2 unspecified atom stereocenters. The van der Waals surface area contributed by atoms with E-state index in [9.17, 15) is 17.6 Å². The van der Waals surface area contributed by atoms with Gasteiger partial charge in [0.05, 0.1) is 29.8 Å². The van der Waals surface area contributed by atoms with Gasteiger partial charge in [0.2, 0.25) is 0 Å². The standard InChI is InChI=1S/C16H13F4NO5S/c17-9-6-25-7-11(9)21-10-3-1-2-8-13(10)26-12(4-5-15(22,23)24)14(8)27-16(18,19)20/h1-3,9,11,21-24H,6-7H2. The first-order valence-corrected chi connectivity index (χ1v) is 8.35. The largest absolute Gasteiger partial charge is 0.446 e. The topological polar surface area (TPSA) is 95.1 Å². The number of nitrogens with one attached hydrogen (secondary N) is 1. The molecule has 2 aromatic rings. The summed E-state index contributed by atoms with van der Waals surface area (Å²) in [5.41, 5.74) is -4.47. The number of hydrogen-bond donors (Lipinski definition) is 4. The van der Waals surface area contributed by atoms with Crippen molar-refractivity contribution in [2.24, 2.45) is 0 Å². The quantitative estimate of drug-likeness (QED) is 0.268. The zero-order valence-electron chi connectivity index (χ0n) is 13.4. The van der Waals surface area contributed by atoms with Crippen molar-refractivity contribution in [3.63, 3.8) is 0 Å². The van der Waals surface area contributed by atoms with E-state index in [4.69, 9.17) is 24.5 Å². The van der Waals surface area contributed by atoms with Crippen molar-refractivity contribution in [3.05, 3.63) is 24.0 Å². The molecule has 1 aliphatic heterocycles. The van der Waals surface area contributed by atoms with E-state index in [-0.39, 0.29) is 29.9 Å². The minimum Gasteiger partial charge on any atom is -0.444 e. The van der Waals surface area contributed by atoms with Crippen LogP contribution in [0.25, 0.3) is 11.0 Å². The molecular weight excluding hydrogens is 394 g/mol. The number of benzene rings is 1. The van der Waals surface area contributed by atoms with Crippen molar-refractivity contribution >= 4 is 28.4 Å². The number of rotatable bonds is 3. The second-order valence-electron chi connectivity index (χ2n) is 5.68. The summed E-state index contributed by atoms with van der Waals surface area (Å²) in [5, 5.41) is 29.4. The number of alkyl halides is 4. The van der Waals surface area contributed by atoms with Gasteiger partial charge in [-0.05, 0) is 29.8 Å². The molecule has 2 heterocycles. The molecule has 0 bridgehead atoms. The molecule has 2 atom stereocenters. The predicted molar refractivity (Wildman–Crippen MR) is 87.5 cm³/mol. The van der Waals surface area contributed by atoms with Crippen LogP contribution in [0.3, 0.4) is 0 Å². The molecule has 0 spiro atoms. The van der Waals surface area contributed by atoms with Crippen molar-refractivity contribution in [1.29, 1.82) is 0 Å². The predicted octanol–water partition coefficient (Wildman–Crippen LogP) is 2.18. The Hall–Kier alpha value is -1.97. The Balaban J connectivity index is 2.08. The van der Waals surface area contributed by atoms with Gasteiger partial charge in [0.1, 0.15) is 6.17 Å². The summed E-state index contributed by atoms with van der Waals surface area (Å²) in [6, 6.07) is 3.60. The van der Waals surface area contributed by atoms with Crippen LogP contribution in [0.2, 0.25) is 0 Å². The summed E-state index contributed by atoms with van der Waals surface area (Å²) in [4.78, 5) is -0.419. The second kappa shape index (κ2) is 7.21. The number of anilines is 1.